The van der Waals surface area contributed by atoms with Crippen LogP contribution in [0.25, 0.3) is 65.6 Å². The van der Waals surface area contributed by atoms with E-state index in [2.05, 4.69) is 104 Å². The lowest BCUT2D eigenvalue weighted by Crippen LogP contribution is -2.41. The highest BCUT2D eigenvalue weighted by molar-refractivity contribution is 7.15. The molecule has 4 fully saturated rings. The van der Waals surface area contributed by atoms with Crippen molar-refractivity contribution in [2.45, 2.75) is 148 Å². The predicted octanol–water partition coefficient (Wildman–Crippen LogP) is 15.7. The molecule has 4 aliphatic rings. The summed E-state index contributed by atoms with van der Waals surface area (Å²) in [6.07, 6.45) is 2.17. The van der Waals surface area contributed by atoms with Crippen LogP contribution >= 0.6 is 34.0 Å². The number of alkyl halides is 11. The van der Waals surface area contributed by atoms with Crippen LogP contribution in [0, 0.1) is 19.7 Å². The number of hydrogen-bond donors (Lipinski definition) is 0. The molecule has 47 heteroatoms. The Morgan fingerprint density at radius 2 is 0.932 bits per heavy atom. The van der Waals surface area contributed by atoms with Crippen molar-refractivity contribution >= 4 is 104 Å². The molecular weight excluding hydrogens is 1810 g/mol. The smallest absolute Gasteiger partial charge is 0.337 e. The summed E-state index contributed by atoms with van der Waals surface area (Å²) in [6, 6.07) is 16.7. The van der Waals surface area contributed by atoms with Gasteiger partial charge in [0, 0.05) is 143 Å². The Kier molecular flexibility index (Phi) is 25.5. The number of carbonyl (C=O) groups excluding carboxylic acids is 4. The monoisotopic (exact) mass is 1890 g/mol. The molecule has 16 aromatic heterocycles. The first-order valence-corrected chi connectivity index (χ1v) is 44.6. The van der Waals surface area contributed by atoms with E-state index in [1.54, 1.807) is 102 Å². The van der Waals surface area contributed by atoms with Crippen LogP contribution in [-0.4, -0.2) is 204 Å². The lowest BCUT2D eigenvalue weighted by Gasteiger charge is -2.24. The molecule has 20 rings (SSSR count). The zero-order valence-electron chi connectivity index (χ0n) is 72.2. The van der Waals surface area contributed by atoms with Crippen LogP contribution < -0.4 is 19.6 Å². The molecule has 0 radical (unpaired) electrons. The molecule has 16 aromatic rings. The van der Waals surface area contributed by atoms with Gasteiger partial charge in [-0.05, 0) is 144 Å². The van der Waals surface area contributed by atoms with Crippen molar-refractivity contribution in [1.29, 1.82) is 0 Å². The van der Waals surface area contributed by atoms with Crippen LogP contribution in [0.2, 0.25) is 0 Å². The number of fused-ring (bicyclic) bond motifs is 4. The Morgan fingerprint density at radius 3 is 1.39 bits per heavy atom. The van der Waals surface area contributed by atoms with Crippen LogP contribution in [0.1, 0.15) is 164 Å². The second-order valence-corrected chi connectivity index (χ2v) is 35.5. The van der Waals surface area contributed by atoms with Crippen molar-refractivity contribution in [3.8, 4) is 43.0 Å². The number of nitrogens with zero attached hydrogens (tertiary/aromatic N) is 28. The van der Waals surface area contributed by atoms with Gasteiger partial charge in [0.25, 0.3) is 12.9 Å². The maximum atomic E-state index is 14.9. The minimum Gasteiger partial charge on any atom is -0.337 e. The number of rotatable bonds is 22. The number of pyridine rings is 5. The number of hydrogen-bond acceptors (Lipinski definition) is 27. The zero-order valence-corrected chi connectivity index (χ0v) is 74.7. The van der Waals surface area contributed by atoms with Gasteiger partial charge in [0.05, 0.1) is 59.9 Å². The van der Waals surface area contributed by atoms with E-state index in [-0.39, 0.29) is 119 Å². The van der Waals surface area contributed by atoms with Gasteiger partial charge in [-0.3, -0.25) is 42.9 Å². The lowest BCUT2D eigenvalue weighted by atomic mass is 10.0. The number of aryl methyl sites for hydroxylation is 6. The summed E-state index contributed by atoms with van der Waals surface area (Å²) in [5, 5.41) is 37.1. The number of aromatic nitrogens is 24. The fraction of sp³-hybridized carbons (Fsp3) is 0.372. The number of anilines is 4. The molecule has 4 atom stereocenters. The second-order valence-electron chi connectivity index (χ2n) is 32.6. The summed E-state index contributed by atoms with van der Waals surface area (Å²) in [7, 11) is 6.49. The topological polar surface area (TPSA) is 325 Å². The lowest BCUT2D eigenvalue weighted by molar-refractivity contribution is -0.146. The van der Waals surface area contributed by atoms with Gasteiger partial charge in [0.15, 0.2) is 51.4 Å². The number of carbonyl (C=O) groups is 4. The van der Waals surface area contributed by atoms with Crippen LogP contribution in [0.3, 0.4) is 0 Å². The number of halogens is 12. The molecule has 0 N–H and O–H groups in total. The summed E-state index contributed by atoms with van der Waals surface area (Å²) in [5.74, 6) is -0.0600. The van der Waals surface area contributed by atoms with E-state index in [9.17, 15) is 71.9 Å². The summed E-state index contributed by atoms with van der Waals surface area (Å²) in [4.78, 5) is 94.4. The number of ketones is 4. The van der Waals surface area contributed by atoms with Crippen molar-refractivity contribution < 1.29 is 71.9 Å². The quantitative estimate of drug-likeness (QED) is 0.0449. The highest BCUT2D eigenvalue weighted by atomic mass is 32.1. The van der Waals surface area contributed by atoms with Crippen LogP contribution in [0.5, 0.6) is 0 Å². The normalized spacial score (nSPS) is 16.5. The van der Waals surface area contributed by atoms with Gasteiger partial charge < -0.3 is 19.6 Å². The average molecular weight is 1900 g/mol. The molecule has 4 aliphatic heterocycles. The molecule has 0 amide bonds. The van der Waals surface area contributed by atoms with Gasteiger partial charge in [-0.2, -0.15) is 66.7 Å². The molecule has 4 saturated heterocycles. The minimum absolute atomic E-state index is 0.0445. The van der Waals surface area contributed by atoms with E-state index < -0.39 is 48.9 Å². The molecule has 0 aromatic carbocycles. The van der Waals surface area contributed by atoms with Gasteiger partial charge in [-0.25, -0.2) is 59.4 Å². The van der Waals surface area contributed by atoms with Crippen molar-refractivity contribution in [1.82, 2.24) is 117 Å². The van der Waals surface area contributed by atoms with Gasteiger partial charge in [-0.15, -0.1) is 54.4 Å². The fourth-order valence-electron chi connectivity index (χ4n) is 16.6. The maximum absolute atomic E-state index is 14.9. The molecule has 0 unspecified atom stereocenters. The van der Waals surface area contributed by atoms with Crippen LogP contribution in [0.4, 0.5) is 76.5 Å². The maximum Gasteiger partial charge on any atom is 0.434 e. The van der Waals surface area contributed by atoms with Gasteiger partial charge in [0.2, 0.25) is 23.8 Å². The largest absolute Gasteiger partial charge is 0.434 e. The van der Waals surface area contributed by atoms with Crippen molar-refractivity contribution in [3.63, 3.8) is 0 Å². The first-order chi connectivity index (χ1) is 63.5. The second kappa shape index (κ2) is 37.2. The SMILES string of the molecule is C[C@H]1CCCN1c1nc2cc(CC(=O)c3c(-c4nc(C(F)(F)F)cs4)cnn3C)ccn2n1.Cc1cccc(-c2cnn(C)c2C(=O)Cc2cc3nc(N4CCC[C@@H]4C(F)(F)F)nn3cc2F)n1.Cc1sc(-c2cnn(C)c2C(=O)Cc2ccn3nc(N4CCC[C@@H]4C)nc3c2)nc1C(F)F.Cn1ncc(-c2nc(C(F)F)cs2)c1C(=O)Cc1ccn2nc(N3CC[C@@H](F)C3)nc2c1. The summed E-state index contributed by atoms with van der Waals surface area (Å²) in [6.45, 7) is 10.6. The summed E-state index contributed by atoms with van der Waals surface area (Å²) >= 11 is 3.02. The molecular formula is C86H82F12N28O4S3. The van der Waals surface area contributed by atoms with Crippen LogP contribution in [-0.2, 0) is 60.1 Å². The zero-order chi connectivity index (χ0) is 93.9. The third-order valence-corrected chi connectivity index (χ3v) is 26.1. The molecule has 0 bridgehead atoms. The van der Waals surface area contributed by atoms with E-state index >= 15 is 0 Å². The van der Waals surface area contributed by atoms with E-state index in [4.69, 9.17) is 0 Å². The van der Waals surface area contributed by atoms with Gasteiger partial charge in [0.1, 0.15) is 67.2 Å². The molecule has 0 spiro atoms. The molecule has 692 valence electrons. The van der Waals surface area contributed by atoms with Crippen molar-refractivity contribution in [2.75, 3.05) is 52.3 Å². The highest BCUT2D eigenvalue weighted by Gasteiger charge is 2.48. The van der Waals surface area contributed by atoms with E-state index in [1.807, 2.05) is 31.2 Å². The first kappa shape index (κ1) is 91.3. The van der Waals surface area contributed by atoms with E-state index in [0.29, 0.717) is 120 Å². The Labute approximate surface area is 759 Å². The summed E-state index contributed by atoms with van der Waals surface area (Å²) < 4.78 is 171. The molecule has 0 saturated carbocycles. The van der Waals surface area contributed by atoms with Gasteiger partial charge >= 0.3 is 12.4 Å². The summed E-state index contributed by atoms with van der Waals surface area (Å²) in [5.41, 5.74) is 6.94. The highest BCUT2D eigenvalue weighted by Crippen LogP contribution is 2.40. The Bertz CT molecular complexity index is 7050. The van der Waals surface area contributed by atoms with E-state index in [0.717, 1.165) is 111 Å². The third-order valence-electron chi connectivity index (χ3n) is 23.3. The minimum atomic E-state index is -4.54. The van der Waals surface area contributed by atoms with Crippen molar-refractivity contribution in [3.05, 3.63) is 199 Å². The third kappa shape index (κ3) is 19.3. The number of Topliss-reactive ketones (excluding diaryl/α,β-unsaturated/α-hetero) is 4. The standard InChI is InChI=1S/C23H21F4N7O.C22H23F2N7OS.C21H20F3N7OS.C20H18F3N7OS/c1-13-5-3-6-17(29-13)15-11-28-32(2)21(15)18(35)9-14-10-20-30-22(31-34(20)12-16(14)24)33-8-4-7-19(33)23(25,26)27;1-12-5-4-7-30(12)22-26-17-10-14(6-8-31(17)28-22)9-16(32)19-15(11-25-29(19)3)21-27-18(20(23)24)13(2)33-21;1-12-4-3-6-30(12)20-27-17-9-13(5-7-31(17)28-20)8-15(32)18-14(10-25-29(18)2)19-26-16(11-33-19)21(22,23)24;1-28-17(13(8-24-28)19-25-14(10-32-19)18(22)23)15(31)6-11-2-5-30-16(7-11)26-20(27-30)29-4-3-12(21)9-29/h3,5-6,10-12,19H,4,7-9H2,1-2H3;6,8,10-12,20H,4-5,7,9H2,1-3H3;5,7,9-12H,3-4,6,8H2,1-2H3;2,5,7-8,10,12,18H,3-4,6,9H2,1H3/t19-;3*12-/m1001/s1. The first-order valence-electron chi connectivity index (χ1n) is 42.1. The molecule has 133 heavy (non-hydrogen) atoms. The van der Waals surface area contributed by atoms with Crippen LogP contribution in [0.15, 0.2) is 121 Å². The molecule has 20 heterocycles. The average Bonchev–Trinajstić information content (AvgIpc) is 1.62. The molecule has 32 nitrogen and oxygen atoms in total. The van der Waals surface area contributed by atoms with Gasteiger partial charge in [-0.1, -0.05) is 6.07 Å². The van der Waals surface area contributed by atoms with E-state index in [1.165, 1.54) is 55.0 Å². The fourth-order valence-corrected chi connectivity index (χ4v) is 19.2. The Morgan fingerprint density at radius 1 is 0.481 bits per heavy atom. The molecule has 0 aliphatic carbocycles. The van der Waals surface area contributed by atoms with Crippen molar-refractivity contribution in [2.24, 2.45) is 28.2 Å². The Hall–Kier alpha value is -13.6. The predicted molar refractivity (Wildman–Crippen MR) is 468 cm³/mol. The number of thiazole rings is 3. The Balaban J connectivity index is 0.000000124.